The van der Waals surface area contributed by atoms with E-state index in [2.05, 4.69) is 21.3 Å². The van der Waals surface area contributed by atoms with Gasteiger partial charge >= 0.3 is 5.97 Å². The molecule has 0 heterocycles. The number of nitrogens with two attached hydrogens (primary N) is 1. The molecule has 0 fully saturated rings. The van der Waals surface area contributed by atoms with Crippen LogP contribution in [0.1, 0.15) is 103 Å². The summed E-state index contributed by atoms with van der Waals surface area (Å²) in [7, 11) is 1.66. The molecule has 4 amide bonds. The van der Waals surface area contributed by atoms with Crippen molar-refractivity contribution in [2.24, 2.45) is 5.73 Å². The summed E-state index contributed by atoms with van der Waals surface area (Å²) in [4.78, 5) is 57.3. The zero-order valence-electron chi connectivity index (χ0n) is 42.6. The monoisotopic (exact) mass is 1010 g/mol. The van der Waals surface area contributed by atoms with Crippen molar-refractivity contribution in [1.29, 1.82) is 0 Å². The largest absolute Gasteiger partial charge is 0.481 e. The van der Waals surface area contributed by atoms with E-state index in [0.717, 1.165) is 32.1 Å². The highest BCUT2D eigenvalue weighted by molar-refractivity contribution is 5.80. The Hall–Kier alpha value is -3.13. The van der Waals surface area contributed by atoms with Gasteiger partial charge in [-0.25, -0.2) is 0 Å². The van der Waals surface area contributed by atoms with Crippen molar-refractivity contribution >= 4 is 29.6 Å². The highest BCUT2D eigenvalue weighted by Gasteiger charge is 2.12. The summed E-state index contributed by atoms with van der Waals surface area (Å²) >= 11 is 0. The van der Waals surface area contributed by atoms with E-state index >= 15 is 0 Å². The van der Waals surface area contributed by atoms with Gasteiger partial charge in [0.15, 0.2) is 0 Å². The van der Waals surface area contributed by atoms with Crippen LogP contribution < -0.4 is 27.0 Å². The first-order valence-corrected chi connectivity index (χ1v) is 25.6. The van der Waals surface area contributed by atoms with Crippen LogP contribution in [0, 0.1) is 0 Å². The molecule has 0 aromatic rings. The number of hydrogen-bond acceptors (Lipinski definition) is 17. The summed E-state index contributed by atoms with van der Waals surface area (Å²) in [5.74, 6) is -1.57. The van der Waals surface area contributed by atoms with Crippen molar-refractivity contribution in [3.8, 4) is 0 Å². The van der Waals surface area contributed by atoms with Crippen molar-refractivity contribution < 1.29 is 81.2 Å². The van der Waals surface area contributed by atoms with Crippen molar-refractivity contribution in [2.75, 3.05) is 172 Å². The maximum absolute atomic E-state index is 12.0. The van der Waals surface area contributed by atoms with Gasteiger partial charge in [0.2, 0.25) is 23.6 Å². The second-order valence-corrected chi connectivity index (χ2v) is 16.2. The van der Waals surface area contributed by atoms with Crippen LogP contribution in [-0.2, 0) is 76.1 Å². The van der Waals surface area contributed by atoms with E-state index < -0.39 is 17.9 Å². The summed E-state index contributed by atoms with van der Waals surface area (Å²) in [5.41, 5.74) is 5.26. The Bertz CT molecular complexity index is 1210. The zero-order chi connectivity index (χ0) is 51.1. The van der Waals surface area contributed by atoms with Crippen LogP contribution in [0.2, 0.25) is 0 Å². The molecule has 0 saturated heterocycles. The predicted molar refractivity (Wildman–Crippen MR) is 262 cm³/mol. The molecule has 0 radical (unpaired) electrons. The molecule has 70 heavy (non-hydrogen) atoms. The van der Waals surface area contributed by atoms with Crippen LogP contribution in [0.5, 0.6) is 0 Å². The number of hydrogen-bond donors (Lipinski definition) is 6. The zero-order valence-corrected chi connectivity index (χ0v) is 42.6. The average molecular weight is 1010 g/mol. The molecule has 1 atom stereocenters. The molecule has 0 aliphatic rings. The predicted octanol–water partition coefficient (Wildman–Crippen LogP) is 1.92. The molecule has 0 bridgehead atoms. The van der Waals surface area contributed by atoms with Crippen LogP contribution in [0.25, 0.3) is 0 Å². The molecule has 0 rings (SSSR count). The molecular formula is C48H93N5O17. The van der Waals surface area contributed by atoms with E-state index in [-0.39, 0.29) is 57.2 Å². The molecule has 0 aliphatic carbocycles. The Morgan fingerprint density at radius 1 is 0.371 bits per heavy atom. The van der Waals surface area contributed by atoms with E-state index in [1.807, 2.05) is 0 Å². The number of aliphatic carboxylic acids is 1. The van der Waals surface area contributed by atoms with E-state index in [0.29, 0.717) is 151 Å². The van der Waals surface area contributed by atoms with Gasteiger partial charge < -0.3 is 84.2 Å². The first-order chi connectivity index (χ1) is 34.3. The number of amides is 4. The summed E-state index contributed by atoms with van der Waals surface area (Å²) in [6.45, 7) is 9.21. The summed E-state index contributed by atoms with van der Waals surface area (Å²) in [6, 6.07) is -0.416. The number of primary amides is 1. The van der Waals surface area contributed by atoms with Crippen LogP contribution in [0.4, 0.5) is 0 Å². The third kappa shape index (κ3) is 54.2. The van der Waals surface area contributed by atoms with E-state index in [1.165, 1.54) is 44.9 Å². The van der Waals surface area contributed by atoms with Crippen LogP contribution >= 0.6 is 0 Å². The Labute approximate surface area is 417 Å². The normalized spacial score (nSPS) is 11.7. The van der Waals surface area contributed by atoms with Gasteiger partial charge in [0.1, 0.15) is 13.2 Å². The van der Waals surface area contributed by atoms with E-state index in [1.54, 1.807) is 7.05 Å². The third-order valence-electron chi connectivity index (χ3n) is 10.2. The number of carboxylic acids is 1. The van der Waals surface area contributed by atoms with Crippen molar-refractivity contribution in [3.05, 3.63) is 0 Å². The maximum atomic E-state index is 12.0. The standard InChI is InChI=1S/C48H93N5O17/c1-50-43(48(49)59)15-14-18-51-45(55)41-69-39-37-61-22-20-53-46(56)42-70-40-38-68-36-35-67-34-33-66-32-31-65-30-29-64-28-27-63-26-25-62-24-23-60-21-19-52-44(54)16-12-10-8-6-4-2-3-5-7-9-11-13-17-47(57)58/h43,50H,2-42H2,1H3,(H2,49,59)(H,51,55)(H,52,54)(H,53,56)(H,57,58). The second-order valence-electron chi connectivity index (χ2n) is 16.2. The SMILES string of the molecule is CNC(CCCNC(=O)COCCOCCNC(=O)COCCOCCOCCOCCOCCOCCOCCOCCOCCNC(=O)CCCCCCCCCCCCCCC(=O)O)C(N)=O. The molecule has 7 N–H and O–H groups in total. The molecule has 0 aliphatic heterocycles. The van der Waals surface area contributed by atoms with Gasteiger partial charge in [-0.3, -0.25) is 24.0 Å². The summed E-state index contributed by atoms with van der Waals surface area (Å²) in [6.07, 6.45) is 15.5. The van der Waals surface area contributed by atoms with E-state index in [9.17, 15) is 24.0 Å². The van der Waals surface area contributed by atoms with Gasteiger partial charge in [-0.15, -0.1) is 0 Å². The highest BCUT2D eigenvalue weighted by atomic mass is 16.6. The van der Waals surface area contributed by atoms with Crippen molar-refractivity contribution in [3.63, 3.8) is 0 Å². The Morgan fingerprint density at radius 3 is 0.986 bits per heavy atom. The highest BCUT2D eigenvalue weighted by Crippen LogP contribution is 2.13. The lowest BCUT2D eigenvalue weighted by atomic mass is 10.0. The van der Waals surface area contributed by atoms with Crippen LogP contribution in [0.3, 0.4) is 0 Å². The van der Waals surface area contributed by atoms with Gasteiger partial charge in [0.05, 0.1) is 138 Å². The van der Waals surface area contributed by atoms with Gasteiger partial charge in [-0.1, -0.05) is 64.2 Å². The molecule has 22 nitrogen and oxygen atoms in total. The minimum atomic E-state index is -0.698. The maximum Gasteiger partial charge on any atom is 0.303 e. The Balaban J connectivity index is 3.23. The summed E-state index contributed by atoms with van der Waals surface area (Å²) < 4.78 is 59.9. The van der Waals surface area contributed by atoms with Gasteiger partial charge in [0.25, 0.3) is 0 Å². The lowest BCUT2D eigenvalue weighted by Gasteiger charge is -2.12. The number of unbranched alkanes of at least 4 members (excludes halogenated alkanes) is 11. The first-order valence-electron chi connectivity index (χ1n) is 25.6. The molecule has 1 unspecified atom stereocenters. The second kappa shape index (κ2) is 55.2. The molecular weight excluding hydrogens is 919 g/mol. The Kier molecular flexibility index (Phi) is 52.7. The molecule has 0 saturated carbocycles. The summed E-state index contributed by atoms with van der Waals surface area (Å²) in [5, 5.41) is 19.8. The number of nitrogens with one attached hydrogen (secondary N) is 4. The number of carboxylic acid groups (broad SMARTS) is 1. The minimum Gasteiger partial charge on any atom is -0.481 e. The van der Waals surface area contributed by atoms with Gasteiger partial charge in [-0.05, 0) is 32.7 Å². The number of carbonyl (C=O) groups is 5. The molecule has 0 aromatic carbocycles. The lowest BCUT2D eigenvalue weighted by Crippen LogP contribution is -2.39. The fourth-order valence-corrected chi connectivity index (χ4v) is 6.32. The smallest absolute Gasteiger partial charge is 0.303 e. The third-order valence-corrected chi connectivity index (χ3v) is 10.2. The van der Waals surface area contributed by atoms with Crippen molar-refractivity contribution in [1.82, 2.24) is 21.3 Å². The quantitative estimate of drug-likeness (QED) is 0.0475. The van der Waals surface area contributed by atoms with Gasteiger partial charge in [-0.2, -0.15) is 0 Å². The molecule has 0 aromatic heterocycles. The molecule has 0 spiro atoms. The van der Waals surface area contributed by atoms with Crippen LogP contribution in [0.15, 0.2) is 0 Å². The minimum absolute atomic E-state index is 0.0742. The fourth-order valence-electron chi connectivity index (χ4n) is 6.32. The Morgan fingerprint density at radius 2 is 0.657 bits per heavy atom. The number of likely N-dealkylation sites (N-methyl/N-ethyl adjacent to an activating group) is 1. The van der Waals surface area contributed by atoms with Crippen LogP contribution in [-0.4, -0.2) is 213 Å². The fraction of sp³-hybridized carbons (Fsp3) is 0.896. The van der Waals surface area contributed by atoms with E-state index in [4.69, 9.17) is 62.9 Å². The molecule has 412 valence electrons. The number of rotatable bonds is 58. The first kappa shape index (κ1) is 66.9. The van der Waals surface area contributed by atoms with Gasteiger partial charge in [0, 0.05) is 32.5 Å². The number of ether oxygens (including phenoxy) is 11. The van der Waals surface area contributed by atoms with Crippen molar-refractivity contribution in [2.45, 2.75) is 109 Å². The lowest BCUT2D eigenvalue weighted by molar-refractivity contribution is -0.137. The molecule has 22 heteroatoms. The average Bonchev–Trinajstić information content (AvgIpc) is 3.34. The topological polar surface area (TPSA) is 281 Å². The number of carbonyl (C=O) groups excluding carboxylic acids is 4.